The molecule has 2 heterocycles. The zero-order chi connectivity index (χ0) is 17.5. The summed E-state index contributed by atoms with van der Waals surface area (Å²) in [6, 6.07) is 12.2. The molecule has 25 heavy (non-hydrogen) atoms. The van der Waals surface area contributed by atoms with Crippen LogP contribution in [0.5, 0.6) is 0 Å². The first-order valence-electron chi connectivity index (χ1n) is 9.19. The minimum absolute atomic E-state index is 0.111. The highest BCUT2D eigenvalue weighted by Crippen LogP contribution is 2.23. The number of nitrogens with zero attached hydrogens (tertiary/aromatic N) is 1. The highest BCUT2D eigenvalue weighted by molar-refractivity contribution is 5.90. The van der Waals surface area contributed by atoms with Gasteiger partial charge in [-0.05, 0) is 79.6 Å². The number of anilines is 1. The van der Waals surface area contributed by atoms with Gasteiger partial charge in [-0.15, -0.1) is 0 Å². The summed E-state index contributed by atoms with van der Waals surface area (Å²) in [5, 5.41) is 6.46. The Bertz CT molecular complexity index is 663. The molecule has 1 aliphatic heterocycles. The molecular weight excluding hydrogens is 310 g/mol. The maximum atomic E-state index is 12.3. The molecule has 1 amide bonds. The summed E-state index contributed by atoms with van der Waals surface area (Å²) in [6.07, 6.45) is 7.54. The zero-order valence-electron chi connectivity index (χ0n) is 14.9. The second-order valence-electron chi connectivity index (χ2n) is 7.07. The minimum Gasteiger partial charge on any atom is -0.326 e. The van der Waals surface area contributed by atoms with Crippen LogP contribution in [0.3, 0.4) is 0 Å². The number of rotatable bonds is 6. The number of amides is 1. The molecule has 0 bridgehead atoms. The quantitative estimate of drug-likeness (QED) is 0.846. The number of aromatic nitrogens is 1. The third-order valence-corrected chi connectivity index (χ3v) is 5.04. The molecule has 2 N–H and O–H groups in total. The van der Waals surface area contributed by atoms with Gasteiger partial charge >= 0.3 is 0 Å². The SMILES string of the molecule is CC(CC(=O)Nc1ccc(Cc2ccncc2)cc1)C1CCCNC1. The van der Waals surface area contributed by atoms with Crippen LogP contribution >= 0.6 is 0 Å². The number of carbonyl (C=O) groups excluding carboxylic acids is 1. The Morgan fingerprint density at radius 1 is 1.20 bits per heavy atom. The molecule has 1 aliphatic rings. The first-order valence-corrected chi connectivity index (χ1v) is 9.19. The highest BCUT2D eigenvalue weighted by Gasteiger charge is 2.21. The van der Waals surface area contributed by atoms with Gasteiger partial charge in [-0.25, -0.2) is 0 Å². The summed E-state index contributed by atoms with van der Waals surface area (Å²) in [5.74, 6) is 1.14. The molecule has 1 aromatic heterocycles. The van der Waals surface area contributed by atoms with E-state index < -0.39 is 0 Å². The summed E-state index contributed by atoms with van der Waals surface area (Å²) in [4.78, 5) is 16.3. The Balaban J connectivity index is 1.49. The van der Waals surface area contributed by atoms with E-state index in [9.17, 15) is 4.79 Å². The predicted molar refractivity (Wildman–Crippen MR) is 101 cm³/mol. The maximum absolute atomic E-state index is 12.3. The van der Waals surface area contributed by atoms with E-state index in [1.807, 2.05) is 36.7 Å². The molecule has 0 radical (unpaired) electrons. The smallest absolute Gasteiger partial charge is 0.224 e. The van der Waals surface area contributed by atoms with Gasteiger partial charge in [0.15, 0.2) is 0 Å². The van der Waals surface area contributed by atoms with Gasteiger partial charge in [0.05, 0.1) is 0 Å². The van der Waals surface area contributed by atoms with Crippen molar-refractivity contribution in [1.82, 2.24) is 10.3 Å². The van der Waals surface area contributed by atoms with Crippen molar-refractivity contribution in [3.8, 4) is 0 Å². The van der Waals surface area contributed by atoms with Crippen LogP contribution in [0.1, 0.15) is 37.3 Å². The van der Waals surface area contributed by atoms with E-state index in [1.165, 1.54) is 24.0 Å². The van der Waals surface area contributed by atoms with Crippen molar-refractivity contribution in [2.24, 2.45) is 11.8 Å². The Kier molecular flexibility index (Phi) is 6.18. The summed E-state index contributed by atoms with van der Waals surface area (Å²) >= 11 is 0. The molecule has 4 heteroatoms. The van der Waals surface area contributed by atoms with Gasteiger partial charge in [-0.3, -0.25) is 9.78 Å². The lowest BCUT2D eigenvalue weighted by Gasteiger charge is -2.28. The van der Waals surface area contributed by atoms with Gasteiger partial charge in [0.1, 0.15) is 0 Å². The van der Waals surface area contributed by atoms with Gasteiger partial charge in [0.2, 0.25) is 5.91 Å². The van der Waals surface area contributed by atoms with Crippen molar-refractivity contribution in [3.05, 3.63) is 59.9 Å². The molecule has 132 valence electrons. The Morgan fingerprint density at radius 3 is 2.60 bits per heavy atom. The molecule has 3 rings (SSSR count). The van der Waals surface area contributed by atoms with Crippen LogP contribution in [0.15, 0.2) is 48.8 Å². The van der Waals surface area contributed by atoms with Crippen LogP contribution in [-0.2, 0) is 11.2 Å². The number of carbonyl (C=O) groups is 1. The fourth-order valence-electron chi connectivity index (χ4n) is 3.48. The minimum atomic E-state index is 0.111. The van der Waals surface area contributed by atoms with Crippen LogP contribution in [0.4, 0.5) is 5.69 Å². The fourth-order valence-corrected chi connectivity index (χ4v) is 3.48. The van der Waals surface area contributed by atoms with Crippen LogP contribution in [0, 0.1) is 11.8 Å². The molecule has 0 saturated carbocycles. The van der Waals surface area contributed by atoms with Gasteiger partial charge in [-0.2, -0.15) is 0 Å². The third kappa shape index (κ3) is 5.40. The average molecular weight is 337 g/mol. The normalized spacial score (nSPS) is 18.5. The second-order valence-corrected chi connectivity index (χ2v) is 7.07. The van der Waals surface area contributed by atoms with E-state index in [4.69, 9.17) is 0 Å². The molecule has 2 unspecified atom stereocenters. The number of hydrogen-bond donors (Lipinski definition) is 2. The topological polar surface area (TPSA) is 54.0 Å². The van der Waals surface area contributed by atoms with E-state index in [-0.39, 0.29) is 5.91 Å². The lowest BCUT2D eigenvalue weighted by atomic mass is 9.85. The van der Waals surface area contributed by atoms with Crippen molar-refractivity contribution in [3.63, 3.8) is 0 Å². The van der Waals surface area contributed by atoms with E-state index in [1.54, 1.807) is 0 Å². The van der Waals surface area contributed by atoms with Crippen molar-refractivity contribution in [2.75, 3.05) is 18.4 Å². The number of piperidine rings is 1. The van der Waals surface area contributed by atoms with Crippen LogP contribution in [0.25, 0.3) is 0 Å². The van der Waals surface area contributed by atoms with Crippen LogP contribution < -0.4 is 10.6 Å². The molecule has 1 fully saturated rings. The summed E-state index contributed by atoms with van der Waals surface area (Å²) < 4.78 is 0. The number of hydrogen-bond acceptors (Lipinski definition) is 3. The third-order valence-electron chi connectivity index (χ3n) is 5.04. The van der Waals surface area contributed by atoms with Gasteiger partial charge in [0, 0.05) is 24.5 Å². The van der Waals surface area contributed by atoms with Crippen molar-refractivity contribution >= 4 is 11.6 Å². The average Bonchev–Trinajstić information content (AvgIpc) is 2.65. The first-order chi connectivity index (χ1) is 12.2. The van der Waals surface area contributed by atoms with E-state index in [0.717, 1.165) is 25.2 Å². The van der Waals surface area contributed by atoms with E-state index >= 15 is 0 Å². The van der Waals surface area contributed by atoms with Gasteiger partial charge < -0.3 is 10.6 Å². The Labute approximate surface area is 150 Å². The van der Waals surface area contributed by atoms with Crippen molar-refractivity contribution in [2.45, 2.75) is 32.6 Å². The van der Waals surface area contributed by atoms with Gasteiger partial charge in [-0.1, -0.05) is 19.1 Å². The summed E-state index contributed by atoms with van der Waals surface area (Å²) in [7, 11) is 0. The molecule has 4 nitrogen and oxygen atoms in total. The lowest BCUT2D eigenvalue weighted by Crippen LogP contribution is -2.34. The number of pyridine rings is 1. The molecular formula is C21H27N3O. The Hall–Kier alpha value is -2.20. The summed E-state index contributed by atoms with van der Waals surface area (Å²) in [5.41, 5.74) is 3.34. The number of nitrogens with one attached hydrogen (secondary N) is 2. The second kappa shape index (κ2) is 8.77. The molecule has 0 aliphatic carbocycles. The molecule has 0 spiro atoms. The van der Waals surface area contributed by atoms with Crippen LogP contribution in [0.2, 0.25) is 0 Å². The van der Waals surface area contributed by atoms with Crippen molar-refractivity contribution in [1.29, 1.82) is 0 Å². The predicted octanol–water partition coefficient (Wildman–Crippen LogP) is 3.64. The highest BCUT2D eigenvalue weighted by atomic mass is 16.1. The lowest BCUT2D eigenvalue weighted by molar-refractivity contribution is -0.117. The largest absolute Gasteiger partial charge is 0.326 e. The molecule has 1 saturated heterocycles. The fraction of sp³-hybridized carbons (Fsp3) is 0.429. The molecule has 1 aromatic carbocycles. The molecule has 2 aromatic rings. The summed E-state index contributed by atoms with van der Waals surface area (Å²) in [6.45, 7) is 4.34. The van der Waals surface area contributed by atoms with Crippen molar-refractivity contribution < 1.29 is 4.79 Å². The standard InChI is InChI=1S/C21H27N3O/c1-16(19-3-2-10-23-15-19)13-21(25)24-20-6-4-17(5-7-20)14-18-8-11-22-12-9-18/h4-9,11-12,16,19,23H,2-3,10,13-15H2,1H3,(H,24,25). The van der Waals surface area contributed by atoms with Gasteiger partial charge in [0.25, 0.3) is 0 Å². The van der Waals surface area contributed by atoms with E-state index in [2.05, 4.69) is 34.7 Å². The maximum Gasteiger partial charge on any atom is 0.224 e. The number of benzene rings is 1. The Morgan fingerprint density at radius 2 is 1.92 bits per heavy atom. The zero-order valence-corrected chi connectivity index (χ0v) is 14.9. The molecule has 2 atom stereocenters. The van der Waals surface area contributed by atoms with Crippen LogP contribution in [-0.4, -0.2) is 24.0 Å². The monoisotopic (exact) mass is 337 g/mol. The van der Waals surface area contributed by atoms with E-state index in [0.29, 0.717) is 18.3 Å². The first kappa shape index (κ1) is 17.6.